The highest BCUT2D eigenvalue weighted by Gasteiger charge is 2.33. The third kappa shape index (κ3) is 3.34. The van der Waals surface area contributed by atoms with Crippen LogP contribution in [-0.2, 0) is 19.7 Å². The molecule has 5 nitrogen and oxygen atoms in total. The van der Waals surface area contributed by atoms with Gasteiger partial charge in [0.1, 0.15) is 17.2 Å². The Bertz CT molecular complexity index is 532. The summed E-state index contributed by atoms with van der Waals surface area (Å²) in [5.74, 6) is 0.110. The van der Waals surface area contributed by atoms with E-state index in [0.717, 1.165) is 23.5 Å². The smallest absolute Gasteiger partial charge is 0.251 e. The summed E-state index contributed by atoms with van der Waals surface area (Å²) in [5.41, 5.74) is 1.12. The van der Waals surface area contributed by atoms with Gasteiger partial charge in [-0.05, 0) is 12.8 Å². The Labute approximate surface area is 135 Å². The van der Waals surface area contributed by atoms with Crippen molar-refractivity contribution in [3.63, 3.8) is 0 Å². The Morgan fingerprint density at radius 2 is 2.18 bits per heavy atom. The number of carbonyl (C=O) groups excluding carboxylic acids is 1. The maximum absolute atomic E-state index is 12.5. The van der Waals surface area contributed by atoms with E-state index in [1.165, 1.54) is 0 Å². The first-order valence-electron chi connectivity index (χ1n) is 7.93. The van der Waals surface area contributed by atoms with Gasteiger partial charge in [-0.1, -0.05) is 20.8 Å². The van der Waals surface area contributed by atoms with E-state index in [9.17, 15) is 4.79 Å². The van der Waals surface area contributed by atoms with Crippen LogP contribution < -0.4 is 0 Å². The molecule has 22 heavy (non-hydrogen) atoms. The molecule has 3 heterocycles. The zero-order valence-electron chi connectivity index (χ0n) is 13.5. The number of amides is 1. The Morgan fingerprint density at radius 3 is 2.82 bits per heavy atom. The lowest BCUT2D eigenvalue weighted by Crippen LogP contribution is -2.46. The molecular weight excluding hydrogens is 300 g/mol. The Hall–Kier alpha value is -0.980. The second-order valence-electron chi connectivity index (χ2n) is 6.97. The number of nitrogens with zero attached hydrogens (tertiary/aromatic N) is 2. The molecular formula is C16H24N2O3S. The standard InChI is InChI=1S/C16H24N2O3S/c1-16(2,3)13-10-22-14(17-13)12-9-18(6-8-21-12)15(19)11-5-4-7-20-11/h10-12H,4-9H2,1-3H3/t11-,12+/m1/s1. The van der Waals surface area contributed by atoms with E-state index >= 15 is 0 Å². The summed E-state index contributed by atoms with van der Waals surface area (Å²) in [6.07, 6.45) is 1.46. The molecule has 122 valence electrons. The number of carbonyl (C=O) groups is 1. The summed E-state index contributed by atoms with van der Waals surface area (Å²) < 4.78 is 11.4. The molecule has 2 atom stereocenters. The van der Waals surface area contributed by atoms with Crippen molar-refractivity contribution >= 4 is 17.2 Å². The molecule has 6 heteroatoms. The maximum atomic E-state index is 12.5. The third-order valence-electron chi connectivity index (χ3n) is 4.15. The molecule has 2 aliphatic heterocycles. The molecule has 0 unspecified atom stereocenters. The zero-order valence-corrected chi connectivity index (χ0v) is 14.3. The van der Waals surface area contributed by atoms with Gasteiger partial charge in [-0.15, -0.1) is 11.3 Å². The Balaban J connectivity index is 1.67. The van der Waals surface area contributed by atoms with Gasteiger partial charge >= 0.3 is 0 Å². The van der Waals surface area contributed by atoms with Crippen LogP contribution in [0.5, 0.6) is 0 Å². The minimum Gasteiger partial charge on any atom is -0.368 e. The van der Waals surface area contributed by atoms with E-state index in [0.29, 0.717) is 26.3 Å². The number of ether oxygens (including phenoxy) is 2. The molecule has 1 amide bonds. The van der Waals surface area contributed by atoms with E-state index in [4.69, 9.17) is 14.5 Å². The van der Waals surface area contributed by atoms with E-state index in [-0.39, 0.29) is 23.5 Å². The fourth-order valence-corrected chi connectivity index (χ4v) is 3.84. The van der Waals surface area contributed by atoms with Crippen molar-refractivity contribution in [2.75, 3.05) is 26.3 Å². The highest BCUT2D eigenvalue weighted by molar-refractivity contribution is 7.09. The van der Waals surface area contributed by atoms with Crippen molar-refractivity contribution < 1.29 is 14.3 Å². The van der Waals surface area contributed by atoms with E-state index in [1.54, 1.807) is 11.3 Å². The normalized spacial score (nSPS) is 26.4. The second kappa shape index (κ2) is 6.26. The summed E-state index contributed by atoms with van der Waals surface area (Å²) in [6, 6.07) is 0. The number of aromatic nitrogens is 1. The van der Waals surface area contributed by atoms with Gasteiger partial charge in [-0.25, -0.2) is 4.98 Å². The van der Waals surface area contributed by atoms with Crippen LogP contribution in [0.3, 0.4) is 0 Å². The average molecular weight is 324 g/mol. The predicted octanol–water partition coefficient (Wildman–Crippen LogP) is 2.52. The average Bonchev–Trinajstić information content (AvgIpc) is 3.17. The fraction of sp³-hybridized carbons (Fsp3) is 0.750. The first kappa shape index (κ1) is 15.9. The lowest BCUT2D eigenvalue weighted by atomic mass is 9.93. The summed E-state index contributed by atoms with van der Waals surface area (Å²) in [4.78, 5) is 19.1. The van der Waals surface area contributed by atoms with Crippen LogP contribution in [0.25, 0.3) is 0 Å². The van der Waals surface area contributed by atoms with Crippen molar-refractivity contribution in [1.82, 2.24) is 9.88 Å². The molecule has 2 fully saturated rings. The second-order valence-corrected chi connectivity index (χ2v) is 7.86. The lowest BCUT2D eigenvalue weighted by molar-refractivity contribution is -0.148. The molecule has 2 aliphatic rings. The molecule has 0 spiro atoms. The van der Waals surface area contributed by atoms with Gasteiger partial charge in [-0.3, -0.25) is 4.79 Å². The van der Waals surface area contributed by atoms with Crippen molar-refractivity contribution in [2.45, 2.75) is 51.2 Å². The summed E-state index contributed by atoms with van der Waals surface area (Å²) in [5, 5.41) is 3.06. The van der Waals surface area contributed by atoms with E-state index in [2.05, 4.69) is 26.2 Å². The Kier molecular flexibility index (Phi) is 4.52. The monoisotopic (exact) mass is 324 g/mol. The van der Waals surface area contributed by atoms with Crippen molar-refractivity contribution in [3.05, 3.63) is 16.1 Å². The van der Waals surface area contributed by atoms with E-state index in [1.807, 2.05) is 4.90 Å². The van der Waals surface area contributed by atoms with Gasteiger partial charge in [0.25, 0.3) is 5.91 Å². The Morgan fingerprint density at radius 1 is 1.36 bits per heavy atom. The largest absolute Gasteiger partial charge is 0.368 e. The molecule has 2 saturated heterocycles. The molecule has 0 N–H and O–H groups in total. The summed E-state index contributed by atoms with van der Waals surface area (Å²) in [6.45, 7) is 8.95. The van der Waals surface area contributed by atoms with Crippen LogP contribution in [0, 0.1) is 0 Å². The van der Waals surface area contributed by atoms with Gasteiger partial charge in [0.15, 0.2) is 0 Å². The number of thiazole rings is 1. The number of morpholine rings is 1. The first-order valence-corrected chi connectivity index (χ1v) is 8.81. The highest BCUT2D eigenvalue weighted by atomic mass is 32.1. The molecule has 0 saturated carbocycles. The SMILES string of the molecule is CC(C)(C)c1csc([C@@H]2CN(C(=O)[C@H]3CCCO3)CCO2)n1. The highest BCUT2D eigenvalue weighted by Crippen LogP contribution is 2.30. The lowest BCUT2D eigenvalue weighted by Gasteiger charge is -2.33. The number of hydrogen-bond acceptors (Lipinski definition) is 5. The molecule has 3 rings (SSSR count). The molecule has 0 radical (unpaired) electrons. The van der Waals surface area contributed by atoms with Crippen LogP contribution >= 0.6 is 11.3 Å². The van der Waals surface area contributed by atoms with Crippen LogP contribution in [0.4, 0.5) is 0 Å². The van der Waals surface area contributed by atoms with E-state index < -0.39 is 0 Å². The van der Waals surface area contributed by atoms with Crippen LogP contribution in [0.2, 0.25) is 0 Å². The topological polar surface area (TPSA) is 51.7 Å². The number of rotatable bonds is 2. The van der Waals surface area contributed by atoms with Gasteiger partial charge in [0.05, 0.1) is 18.8 Å². The molecule has 0 bridgehead atoms. The molecule has 0 aromatic carbocycles. The van der Waals surface area contributed by atoms with Gasteiger partial charge in [-0.2, -0.15) is 0 Å². The molecule has 0 aliphatic carbocycles. The zero-order chi connectivity index (χ0) is 15.7. The van der Waals surface area contributed by atoms with Gasteiger partial charge < -0.3 is 14.4 Å². The maximum Gasteiger partial charge on any atom is 0.251 e. The van der Waals surface area contributed by atoms with Crippen LogP contribution in [-0.4, -0.2) is 48.2 Å². The quantitative estimate of drug-likeness (QED) is 0.839. The van der Waals surface area contributed by atoms with Gasteiger partial charge in [0.2, 0.25) is 0 Å². The van der Waals surface area contributed by atoms with Crippen molar-refractivity contribution in [1.29, 1.82) is 0 Å². The summed E-state index contributed by atoms with van der Waals surface area (Å²) in [7, 11) is 0. The van der Waals surface area contributed by atoms with Crippen LogP contribution in [0.15, 0.2) is 5.38 Å². The minimum absolute atomic E-state index is 0.0383. The van der Waals surface area contributed by atoms with Crippen molar-refractivity contribution in [2.24, 2.45) is 0 Å². The van der Waals surface area contributed by atoms with Crippen LogP contribution in [0.1, 0.15) is 50.4 Å². The predicted molar refractivity (Wildman–Crippen MR) is 85.1 cm³/mol. The third-order valence-corrected chi connectivity index (χ3v) is 5.09. The summed E-state index contributed by atoms with van der Waals surface area (Å²) >= 11 is 1.62. The first-order chi connectivity index (χ1) is 10.4. The molecule has 1 aromatic heterocycles. The number of hydrogen-bond donors (Lipinski definition) is 0. The van der Waals surface area contributed by atoms with Gasteiger partial charge in [0, 0.05) is 23.9 Å². The minimum atomic E-state index is -0.250. The fourth-order valence-electron chi connectivity index (χ4n) is 2.75. The molecule has 1 aromatic rings. The van der Waals surface area contributed by atoms with Crippen molar-refractivity contribution in [3.8, 4) is 0 Å².